The van der Waals surface area contributed by atoms with Crippen LogP contribution in [0, 0.1) is 21.4 Å². The van der Waals surface area contributed by atoms with Gasteiger partial charge >= 0.3 is 0 Å². The van der Waals surface area contributed by atoms with Gasteiger partial charge in [-0.3, -0.25) is 10.1 Å². The smallest absolute Gasteiger partial charge is 0.287 e. The highest BCUT2D eigenvalue weighted by Crippen LogP contribution is 2.19. The summed E-state index contributed by atoms with van der Waals surface area (Å²) in [5.41, 5.74) is 1.42. The van der Waals surface area contributed by atoms with E-state index in [9.17, 15) is 15.4 Å². The van der Waals surface area contributed by atoms with Crippen LogP contribution in [-0.4, -0.2) is 17.0 Å². The van der Waals surface area contributed by atoms with E-state index in [0.717, 1.165) is 17.5 Å². The van der Waals surface area contributed by atoms with Crippen molar-refractivity contribution in [2.24, 2.45) is 0 Å². The zero-order valence-electron chi connectivity index (χ0n) is 11.2. The molecule has 0 saturated carbocycles. The first-order valence-electron chi connectivity index (χ1n) is 6.00. The molecule has 0 spiro atoms. The van der Waals surface area contributed by atoms with E-state index in [1.165, 1.54) is 12.1 Å². The van der Waals surface area contributed by atoms with E-state index in [1.54, 1.807) is 25.3 Å². The number of rotatable bonds is 4. The van der Waals surface area contributed by atoms with Crippen molar-refractivity contribution in [1.82, 2.24) is 4.98 Å². The second kappa shape index (κ2) is 6.30. The van der Waals surface area contributed by atoms with Gasteiger partial charge in [-0.15, -0.1) is 0 Å². The predicted octanol–water partition coefficient (Wildman–Crippen LogP) is 3.06. The molecule has 0 radical (unpaired) electrons. The van der Waals surface area contributed by atoms with E-state index in [-0.39, 0.29) is 5.69 Å². The first kappa shape index (κ1) is 14.2. The molecule has 6 heteroatoms. The van der Waals surface area contributed by atoms with Crippen molar-refractivity contribution in [3.8, 4) is 11.8 Å². The van der Waals surface area contributed by atoms with Crippen LogP contribution in [0.2, 0.25) is 0 Å². The summed E-state index contributed by atoms with van der Waals surface area (Å²) in [6, 6.07) is 12.0. The standard InChI is InChI=1S/C15H11N3O3/c1-21-14-5-2-11(3-6-14)8-12(9-16)15-7-4-13(10-17-15)18(19)20/h2-8,10H,1H3/b12-8+. The van der Waals surface area contributed by atoms with E-state index >= 15 is 0 Å². The second-order valence-corrected chi connectivity index (χ2v) is 4.10. The fourth-order valence-corrected chi connectivity index (χ4v) is 1.68. The third-order valence-corrected chi connectivity index (χ3v) is 2.78. The van der Waals surface area contributed by atoms with E-state index in [1.807, 2.05) is 18.2 Å². The van der Waals surface area contributed by atoms with Gasteiger partial charge in [0.25, 0.3) is 5.69 Å². The predicted molar refractivity (Wildman–Crippen MR) is 77.4 cm³/mol. The molecule has 0 N–H and O–H groups in total. The molecule has 0 bridgehead atoms. The normalized spacial score (nSPS) is 10.8. The lowest BCUT2D eigenvalue weighted by Crippen LogP contribution is -1.92. The zero-order chi connectivity index (χ0) is 15.2. The maximum absolute atomic E-state index is 10.6. The van der Waals surface area contributed by atoms with Crippen LogP contribution in [-0.2, 0) is 0 Å². The summed E-state index contributed by atoms with van der Waals surface area (Å²) in [5, 5.41) is 19.8. The lowest BCUT2D eigenvalue weighted by Gasteiger charge is -2.01. The Morgan fingerprint density at radius 2 is 2.05 bits per heavy atom. The summed E-state index contributed by atoms with van der Waals surface area (Å²) in [6.07, 6.45) is 2.79. The molecule has 2 rings (SSSR count). The molecule has 0 amide bonds. The van der Waals surface area contributed by atoms with Gasteiger partial charge in [-0.1, -0.05) is 12.1 Å². The molecular formula is C15H11N3O3. The lowest BCUT2D eigenvalue weighted by atomic mass is 10.1. The summed E-state index contributed by atoms with van der Waals surface area (Å²) in [4.78, 5) is 14.0. The van der Waals surface area contributed by atoms with Gasteiger partial charge in [0.2, 0.25) is 0 Å². The van der Waals surface area contributed by atoms with Gasteiger partial charge in [0.1, 0.15) is 18.0 Å². The van der Waals surface area contributed by atoms with Crippen LogP contribution in [0.4, 0.5) is 5.69 Å². The van der Waals surface area contributed by atoms with Crippen LogP contribution in [0.5, 0.6) is 5.75 Å². The Balaban J connectivity index is 2.31. The van der Waals surface area contributed by atoms with Crippen molar-refractivity contribution in [2.45, 2.75) is 0 Å². The zero-order valence-corrected chi connectivity index (χ0v) is 11.2. The van der Waals surface area contributed by atoms with Crippen LogP contribution in [0.1, 0.15) is 11.3 Å². The van der Waals surface area contributed by atoms with Crippen molar-refractivity contribution < 1.29 is 9.66 Å². The first-order valence-corrected chi connectivity index (χ1v) is 6.00. The minimum Gasteiger partial charge on any atom is -0.497 e. The monoisotopic (exact) mass is 281 g/mol. The lowest BCUT2D eigenvalue weighted by molar-refractivity contribution is -0.385. The minimum absolute atomic E-state index is 0.111. The molecule has 2 aromatic rings. The molecule has 0 aliphatic carbocycles. The van der Waals surface area contributed by atoms with Gasteiger partial charge in [-0.2, -0.15) is 5.26 Å². The van der Waals surface area contributed by atoms with Gasteiger partial charge in [-0.25, -0.2) is 4.98 Å². The summed E-state index contributed by atoms with van der Waals surface area (Å²) < 4.78 is 5.06. The molecule has 1 heterocycles. The summed E-state index contributed by atoms with van der Waals surface area (Å²) in [6.45, 7) is 0. The van der Waals surface area contributed by atoms with Crippen molar-refractivity contribution in [3.05, 3.63) is 64.0 Å². The Morgan fingerprint density at radius 1 is 1.33 bits per heavy atom. The Bertz CT molecular complexity index is 713. The van der Waals surface area contributed by atoms with E-state index in [0.29, 0.717) is 11.3 Å². The van der Waals surface area contributed by atoms with Crippen LogP contribution in [0.25, 0.3) is 11.6 Å². The summed E-state index contributed by atoms with van der Waals surface area (Å²) in [5.74, 6) is 0.721. The average molecular weight is 281 g/mol. The van der Waals surface area contributed by atoms with Crippen LogP contribution < -0.4 is 4.74 Å². The molecule has 21 heavy (non-hydrogen) atoms. The highest BCUT2D eigenvalue weighted by Gasteiger charge is 2.08. The SMILES string of the molecule is COc1ccc(/C=C(\C#N)c2ccc([N+](=O)[O-])cn2)cc1. The second-order valence-electron chi connectivity index (χ2n) is 4.10. The van der Waals surface area contributed by atoms with Gasteiger partial charge < -0.3 is 4.74 Å². The summed E-state index contributed by atoms with van der Waals surface area (Å²) >= 11 is 0. The molecular weight excluding hydrogens is 270 g/mol. The quantitative estimate of drug-likeness (QED) is 0.488. The van der Waals surface area contributed by atoms with Gasteiger partial charge in [0.05, 0.1) is 23.3 Å². The number of allylic oxidation sites excluding steroid dienone is 1. The molecule has 0 saturated heterocycles. The maximum Gasteiger partial charge on any atom is 0.287 e. The highest BCUT2D eigenvalue weighted by atomic mass is 16.6. The Kier molecular flexibility index (Phi) is 4.26. The topological polar surface area (TPSA) is 89.0 Å². The minimum atomic E-state index is -0.532. The maximum atomic E-state index is 10.6. The van der Waals surface area contributed by atoms with Gasteiger partial charge in [-0.05, 0) is 29.8 Å². The number of nitro groups is 1. The van der Waals surface area contributed by atoms with Crippen molar-refractivity contribution >= 4 is 17.3 Å². The molecule has 104 valence electrons. The van der Waals surface area contributed by atoms with Crippen LogP contribution >= 0.6 is 0 Å². The average Bonchev–Trinajstić information content (AvgIpc) is 2.53. The van der Waals surface area contributed by atoms with Crippen molar-refractivity contribution in [3.63, 3.8) is 0 Å². The number of benzene rings is 1. The molecule has 0 fully saturated rings. The van der Waals surface area contributed by atoms with E-state index < -0.39 is 4.92 Å². The molecule has 0 aliphatic rings. The molecule has 1 aromatic carbocycles. The van der Waals surface area contributed by atoms with Crippen molar-refractivity contribution in [2.75, 3.05) is 7.11 Å². The Morgan fingerprint density at radius 3 is 2.52 bits per heavy atom. The van der Waals surface area contributed by atoms with Crippen molar-refractivity contribution in [1.29, 1.82) is 5.26 Å². The fourth-order valence-electron chi connectivity index (χ4n) is 1.68. The number of hydrogen-bond acceptors (Lipinski definition) is 5. The van der Waals surface area contributed by atoms with Crippen LogP contribution in [0.15, 0.2) is 42.6 Å². The molecule has 0 unspecified atom stereocenters. The Hall–Kier alpha value is -3.20. The van der Waals surface area contributed by atoms with E-state index in [4.69, 9.17) is 4.74 Å². The van der Waals surface area contributed by atoms with Gasteiger partial charge in [0, 0.05) is 6.07 Å². The molecule has 0 atom stereocenters. The largest absolute Gasteiger partial charge is 0.497 e. The first-order chi connectivity index (χ1) is 10.1. The van der Waals surface area contributed by atoms with Gasteiger partial charge in [0.15, 0.2) is 0 Å². The fraction of sp³-hybridized carbons (Fsp3) is 0.0667. The number of nitriles is 1. The summed E-state index contributed by atoms with van der Waals surface area (Å²) in [7, 11) is 1.58. The molecule has 1 aromatic heterocycles. The molecule has 0 aliphatic heterocycles. The Labute approximate surface area is 121 Å². The molecule has 6 nitrogen and oxygen atoms in total. The number of nitrogens with zero attached hydrogens (tertiary/aromatic N) is 3. The number of methoxy groups -OCH3 is 1. The number of ether oxygens (including phenoxy) is 1. The van der Waals surface area contributed by atoms with Crippen LogP contribution in [0.3, 0.4) is 0 Å². The third-order valence-electron chi connectivity index (χ3n) is 2.78. The van der Waals surface area contributed by atoms with E-state index in [2.05, 4.69) is 4.98 Å². The number of hydrogen-bond donors (Lipinski definition) is 0. The highest BCUT2D eigenvalue weighted by molar-refractivity contribution is 5.88. The number of pyridine rings is 1. The third kappa shape index (κ3) is 3.42. The number of aromatic nitrogens is 1.